The van der Waals surface area contributed by atoms with E-state index >= 15 is 0 Å². The van der Waals surface area contributed by atoms with Crippen molar-refractivity contribution in [3.63, 3.8) is 0 Å². The van der Waals surface area contributed by atoms with Gasteiger partial charge in [-0.05, 0) is 49.3 Å². The minimum atomic E-state index is -0.647. The Hall–Kier alpha value is -2.67. The lowest BCUT2D eigenvalue weighted by Crippen LogP contribution is -2.39. The molecule has 3 aromatic rings. The van der Waals surface area contributed by atoms with E-state index in [0.29, 0.717) is 25.1 Å². The third kappa shape index (κ3) is 4.12. The molecule has 6 nitrogen and oxygen atoms in total. The molecule has 1 amide bonds. The van der Waals surface area contributed by atoms with Crippen LogP contribution in [-0.4, -0.2) is 34.0 Å². The van der Waals surface area contributed by atoms with Gasteiger partial charge >= 0.3 is 0 Å². The number of rotatable bonds is 6. The van der Waals surface area contributed by atoms with Crippen molar-refractivity contribution in [2.24, 2.45) is 0 Å². The Balaban J connectivity index is 1.47. The first-order valence-electron chi connectivity index (χ1n) is 10.2. The van der Waals surface area contributed by atoms with E-state index in [-0.39, 0.29) is 23.8 Å². The first-order valence-corrected chi connectivity index (χ1v) is 11.4. The van der Waals surface area contributed by atoms with Gasteiger partial charge in [-0.1, -0.05) is 18.2 Å². The Labute approximate surface area is 179 Å². The van der Waals surface area contributed by atoms with Crippen LogP contribution in [0.1, 0.15) is 36.3 Å². The second-order valence-electron chi connectivity index (χ2n) is 7.93. The molecule has 0 aliphatic carbocycles. The van der Waals surface area contributed by atoms with Crippen LogP contribution < -0.4 is 10.7 Å². The number of hydrogen-bond acceptors (Lipinski definition) is 5. The molecule has 0 atom stereocenters. The third-order valence-corrected chi connectivity index (χ3v) is 6.85. The van der Waals surface area contributed by atoms with Crippen molar-refractivity contribution in [3.05, 3.63) is 63.8 Å². The second-order valence-corrected chi connectivity index (χ2v) is 9.15. The Kier molecular flexibility index (Phi) is 5.90. The van der Waals surface area contributed by atoms with Crippen LogP contribution in [0.15, 0.2) is 45.7 Å². The van der Waals surface area contributed by atoms with E-state index in [4.69, 9.17) is 4.42 Å². The Morgan fingerprint density at radius 2 is 2.07 bits per heavy atom. The number of hydrogen-bond donors (Lipinski definition) is 3. The maximum atomic E-state index is 12.8. The number of H-pyrrole nitrogens is 1. The van der Waals surface area contributed by atoms with Gasteiger partial charge in [0.2, 0.25) is 17.1 Å². The molecular weight excluding hydrogens is 400 g/mol. The normalized spacial score (nSPS) is 15.9. The van der Waals surface area contributed by atoms with Crippen molar-refractivity contribution in [3.8, 4) is 5.75 Å². The summed E-state index contributed by atoms with van der Waals surface area (Å²) >= 11 is 1.81. The van der Waals surface area contributed by atoms with E-state index in [9.17, 15) is 14.7 Å². The standard InChI is InChI=1S/C23H26N2O4S/c1-15-12-19(26)21(28)22(29-15)23(7-10-30-11-8-23)13-20(27)24-9-6-16-14-25-18-5-3-2-4-17(16)18/h2-5,12,14,25,28H,6-11,13H2,1H3,(H,24,27). The van der Waals surface area contributed by atoms with Crippen LogP contribution in [-0.2, 0) is 16.6 Å². The number of para-hydroxylation sites is 1. The van der Waals surface area contributed by atoms with Crippen molar-refractivity contribution < 1.29 is 14.3 Å². The molecule has 2 aromatic heterocycles. The summed E-state index contributed by atoms with van der Waals surface area (Å²) in [7, 11) is 0. The highest BCUT2D eigenvalue weighted by molar-refractivity contribution is 7.99. The minimum absolute atomic E-state index is 0.0923. The number of aryl methyl sites for hydroxylation is 1. The molecule has 1 aliphatic heterocycles. The van der Waals surface area contributed by atoms with E-state index in [1.807, 2.05) is 36.2 Å². The van der Waals surface area contributed by atoms with Crippen LogP contribution in [0.5, 0.6) is 5.75 Å². The van der Waals surface area contributed by atoms with E-state index in [0.717, 1.165) is 29.0 Å². The fraction of sp³-hybridized carbons (Fsp3) is 0.391. The summed E-state index contributed by atoms with van der Waals surface area (Å²) in [6.07, 6.45) is 4.28. The van der Waals surface area contributed by atoms with E-state index in [2.05, 4.69) is 16.4 Å². The van der Waals surface area contributed by atoms with Gasteiger partial charge in [0.1, 0.15) is 5.76 Å². The minimum Gasteiger partial charge on any atom is -0.502 e. The number of thioether (sulfide) groups is 1. The lowest BCUT2D eigenvalue weighted by Gasteiger charge is -2.35. The molecule has 0 unspecified atom stereocenters. The highest BCUT2D eigenvalue weighted by Crippen LogP contribution is 2.43. The number of aromatic nitrogens is 1. The largest absolute Gasteiger partial charge is 0.502 e. The van der Waals surface area contributed by atoms with Gasteiger partial charge in [0.25, 0.3) is 0 Å². The van der Waals surface area contributed by atoms with Crippen LogP contribution in [0.2, 0.25) is 0 Å². The molecule has 1 saturated heterocycles. The van der Waals surface area contributed by atoms with Crippen molar-refractivity contribution in [1.29, 1.82) is 0 Å². The van der Waals surface area contributed by atoms with E-state index in [1.165, 1.54) is 11.5 Å². The molecule has 1 fully saturated rings. The first-order chi connectivity index (χ1) is 14.5. The highest BCUT2D eigenvalue weighted by atomic mass is 32.2. The van der Waals surface area contributed by atoms with Gasteiger partial charge in [0.05, 0.1) is 0 Å². The van der Waals surface area contributed by atoms with Gasteiger partial charge in [-0.2, -0.15) is 11.8 Å². The average Bonchev–Trinajstić information content (AvgIpc) is 3.14. The van der Waals surface area contributed by atoms with Crippen molar-refractivity contribution in [2.45, 2.75) is 38.0 Å². The second kappa shape index (κ2) is 8.60. The Bertz CT molecular complexity index is 1110. The average molecular weight is 427 g/mol. The van der Waals surface area contributed by atoms with Crippen molar-refractivity contribution in [1.82, 2.24) is 10.3 Å². The number of carbonyl (C=O) groups is 1. The summed E-state index contributed by atoms with van der Waals surface area (Å²) in [6.45, 7) is 2.21. The smallest absolute Gasteiger partial charge is 0.227 e. The number of carbonyl (C=O) groups excluding carboxylic acids is 1. The van der Waals surface area contributed by atoms with E-state index < -0.39 is 10.8 Å². The van der Waals surface area contributed by atoms with Gasteiger partial charge in [-0.15, -0.1) is 0 Å². The van der Waals surface area contributed by atoms with Crippen LogP contribution in [0, 0.1) is 6.92 Å². The summed E-state index contributed by atoms with van der Waals surface area (Å²) < 4.78 is 5.80. The van der Waals surface area contributed by atoms with Crippen LogP contribution in [0.4, 0.5) is 0 Å². The predicted molar refractivity (Wildman–Crippen MR) is 119 cm³/mol. The fourth-order valence-electron chi connectivity index (χ4n) is 4.25. The fourth-order valence-corrected chi connectivity index (χ4v) is 5.53. The zero-order valence-electron chi connectivity index (χ0n) is 17.0. The lowest BCUT2D eigenvalue weighted by atomic mass is 9.75. The number of aromatic amines is 1. The van der Waals surface area contributed by atoms with E-state index in [1.54, 1.807) is 6.92 Å². The molecular formula is C23H26N2O4S. The summed E-state index contributed by atoms with van der Waals surface area (Å²) in [6, 6.07) is 9.38. The quantitative estimate of drug-likeness (QED) is 0.559. The van der Waals surface area contributed by atoms with Crippen molar-refractivity contribution in [2.75, 3.05) is 18.1 Å². The molecule has 1 aromatic carbocycles. The predicted octanol–water partition coefficient (Wildman–Crippen LogP) is 3.65. The van der Waals surface area contributed by atoms with Gasteiger partial charge < -0.3 is 19.8 Å². The summed E-state index contributed by atoms with van der Waals surface area (Å²) in [4.78, 5) is 28.2. The maximum Gasteiger partial charge on any atom is 0.227 e. The van der Waals surface area contributed by atoms with Gasteiger partial charge in [0, 0.05) is 41.5 Å². The molecule has 1 aliphatic rings. The number of amides is 1. The number of aromatic hydroxyl groups is 1. The maximum absolute atomic E-state index is 12.8. The zero-order chi connectivity index (χ0) is 21.1. The molecule has 3 N–H and O–H groups in total. The number of nitrogens with one attached hydrogen (secondary N) is 2. The zero-order valence-corrected chi connectivity index (χ0v) is 17.8. The molecule has 3 heterocycles. The summed E-state index contributed by atoms with van der Waals surface area (Å²) in [5.41, 5.74) is 1.15. The molecule has 0 saturated carbocycles. The third-order valence-electron chi connectivity index (χ3n) is 5.87. The topological polar surface area (TPSA) is 95.3 Å². The molecule has 158 valence electrons. The Morgan fingerprint density at radius 3 is 2.87 bits per heavy atom. The van der Waals surface area contributed by atoms with Gasteiger partial charge in [-0.25, -0.2) is 0 Å². The summed E-state index contributed by atoms with van der Waals surface area (Å²) in [5, 5.41) is 14.6. The molecule has 30 heavy (non-hydrogen) atoms. The molecule has 4 rings (SSSR count). The Morgan fingerprint density at radius 1 is 1.30 bits per heavy atom. The number of benzene rings is 1. The molecule has 7 heteroatoms. The monoisotopic (exact) mass is 426 g/mol. The molecule has 0 spiro atoms. The first kappa shape index (κ1) is 20.6. The van der Waals surface area contributed by atoms with Crippen LogP contribution in [0.25, 0.3) is 10.9 Å². The SMILES string of the molecule is Cc1cc(=O)c(O)c(C2(CC(=O)NCCc3c[nH]c4ccccc34)CCSCC2)o1. The van der Waals surface area contributed by atoms with Crippen molar-refractivity contribution >= 4 is 28.6 Å². The highest BCUT2D eigenvalue weighted by Gasteiger charge is 2.41. The van der Waals surface area contributed by atoms with Gasteiger partial charge in [0.15, 0.2) is 5.76 Å². The molecule has 0 bridgehead atoms. The molecule has 0 radical (unpaired) electrons. The lowest BCUT2D eigenvalue weighted by molar-refractivity contribution is -0.122. The van der Waals surface area contributed by atoms with Crippen LogP contribution >= 0.6 is 11.8 Å². The summed E-state index contributed by atoms with van der Waals surface area (Å²) in [5.74, 6) is 1.98. The van der Waals surface area contributed by atoms with Crippen LogP contribution in [0.3, 0.4) is 0 Å². The van der Waals surface area contributed by atoms with Gasteiger partial charge in [-0.3, -0.25) is 9.59 Å². The number of fused-ring (bicyclic) bond motifs is 1.